The summed E-state index contributed by atoms with van der Waals surface area (Å²) in [5.41, 5.74) is 0. The van der Waals surface area contributed by atoms with Crippen molar-refractivity contribution in [1.82, 2.24) is 10.6 Å². The Morgan fingerprint density at radius 1 is 1.17 bits per heavy atom. The van der Waals surface area contributed by atoms with Crippen LogP contribution in [0.3, 0.4) is 0 Å². The van der Waals surface area contributed by atoms with Crippen LogP contribution in [0.5, 0.6) is 0 Å². The van der Waals surface area contributed by atoms with Gasteiger partial charge in [0.2, 0.25) is 5.91 Å². The molecule has 1 rings (SSSR count). The zero-order valence-corrected chi connectivity index (χ0v) is 15.2. The first kappa shape index (κ1) is 20.3. The maximum absolute atomic E-state index is 11.6. The fourth-order valence-electron chi connectivity index (χ4n) is 1.60. The summed E-state index contributed by atoms with van der Waals surface area (Å²) < 4.78 is 4.86. The minimum Gasteiger partial charge on any atom is -0.456 e. The van der Waals surface area contributed by atoms with Crippen LogP contribution in [-0.2, 0) is 19.1 Å². The van der Waals surface area contributed by atoms with Crippen LogP contribution in [0.2, 0.25) is 5.02 Å². The predicted molar refractivity (Wildman–Crippen MR) is 94.0 cm³/mol. The van der Waals surface area contributed by atoms with Gasteiger partial charge in [-0.1, -0.05) is 11.6 Å². The SMILES string of the molecule is CC(C)NC(=O)CNC(=O)COC(=O)CCSc1ccc(Cl)cc1. The molecule has 0 atom stereocenters. The van der Waals surface area contributed by atoms with E-state index in [-0.39, 0.29) is 31.5 Å². The average Bonchev–Trinajstić information content (AvgIpc) is 2.52. The fraction of sp³-hybridized carbons (Fsp3) is 0.438. The van der Waals surface area contributed by atoms with Gasteiger partial charge in [0.1, 0.15) is 0 Å². The topological polar surface area (TPSA) is 84.5 Å². The third-order valence-electron chi connectivity index (χ3n) is 2.65. The number of nitrogens with one attached hydrogen (secondary N) is 2. The second-order valence-corrected chi connectivity index (χ2v) is 6.82. The van der Waals surface area contributed by atoms with E-state index in [1.165, 1.54) is 11.8 Å². The lowest BCUT2D eigenvalue weighted by molar-refractivity contribution is -0.148. The molecule has 1 aromatic carbocycles. The van der Waals surface area contributed by atoms with Crippen molar-refractivity contribution >= 4 is 41.1 Å². The normalized spacial score (nSPS) is 10.3. The number of hydrogen-bond donors (Lipinski definition) is 2. The van der Waals surface area contributed by atoms with E-state index in [2.05, 4.69) is 10.6 Å². The van der Waals surface area contributed by atoms with Crippen LogP contribution >= 0.6 is 23.4 Å². The van der Waals surface area contributed by atoms with Crippen LogP contribution in [0.25, 0.3) is 0 Å². The van der Waals surface area contributed by atoms with Crippen LogP contribution in [0.1, 0.15) is 20.3 Å². The fourth-order valence-corrected chi connectivity index (χ4v) is 2.56. The highest BCUT2D eigenvalue weighted by atomic mass is 35.5. The van der Waals surface area contributed by atoms with E-state index in [0.717, 1.165) is 4.90 Å². The molecule has 0 aliphatic carbocycles. The van der Waals surface area contributed by atoms with Gasteiger partial charge in [0.25, 0.3) is 5.91 Å². The molecule has 6 nitrogen and oxygen atoms in total. The van der Waals surface area contributed by atoms with Crippen LogP contribution in [0, 0.1) is 0 Å². The van der Waals surface area contributed by atoms with E-state index in [1.54, 1.807) is 12.1 Å². The van der Waals surface area contributed by atoms with Gasteiger partial charge in [-0.2, -0.15) is 0 Å². The van der Waals surface area contributed by atoms with Crippen LogP contribution < -0.4 is 10.6 Å². The molecular weight excluding hydrogens is 352 g/mol. The number of thioether (sulfide) groups is 1. The smallest absolute Gasteiger partial charge is 0.307 e. The van der Waals surface area contributed by atoms with Gasteiger partial charge in [-0.05, 0) is 38.1 Å². The average molecular weight is 373 g/mol. The number of carbonyl (C=O) groups excluding carboxylic acids is 3. The van der Waals surface area contributed by atoms with E-state index >= 15 is 0 Å². The first-order valence-electron chi connectivity index (χ1n) is 7.47. The van der Waals surface area contributed by atoms with Crippen molar-refractivity contribution in [3.05, 3.63) is 29.3 Å². The number of ether oxygens (including phenoxy) is 1. The quantitative estimate of drug-likeness (QED) is 0.511. The monoisotopic (exact) mass is 372 g/mol. The molecule has 0 unspecified atom stereocenters. The highest BCUT2D eigenvalue weighted by Crippen LogP contribution is 2.20. The van der Waals surface area contributed by atoms with Crippen LogP contribution in [0.15, 0.2) is 29.2 Å². The summed E-state index contributed by atoms with van der Waals surface area (Å²) in [4.78, 5) is 35.4. The summed E-state index contributed by atoms with van der Waals surface area (Å²) >= 11 is 7.29. The van der Waals surface area contributed by atoms with Crippen molar-refractivity contribution in [2.24, 2.45) is 0 Å². The maximum Gasteiger partial charge on any atom is 0.307 e. The Balaban J connectivity index is 2.13. The molecule has 0 fully saturated rings. The van der Waals surface area contributed by atoms with Gasteiger partial charge in [-0.3, -0.25) is 14.4 Å². The van der Waals surface area contributed by atoms with Crippen molar-refractivity contribution in [3.63, 3.8) is 0 Å². The maximum atomic E-state index is 11.6. The second-order valence-electron chi connectivity index (χ2n) is 5.21. The first-order valence-corrected chi connectivity index (χ1v) is 8.83. The first-order chi connectivity index (χ1) is 11.4. The third kappa shape index (κ3) is 9.42. The molecule has 132 valence electrons. The van der Waals surface area contributed by atoms with E-state index < -0.39 is 11.9 Å². The molecule has 1 aromatic rings. The number of benzene rings is 1. The molecule has 0 aliphatic rings. The van der Waals surface area contributed by atoms with Gasteiger partial charge in [-0.25, -0.2) is 0 Å². The van der Waals surface area contributed by atoms with Crippen molar-refractivity contribution in [1.29, 1.82) is 0 Å². The molecule has 0 bridgehead atoms. The van der Waals surface area contributed by atoms with Gasteiger partial charge in [0, 0.05) is 21.7 Å². The zero-order valence-electron chi connectivity index (χ0n) is 13.6. The van der Waals surface area contributed by atoms with Crippen LogP contribution in [-0.4, -0.2) is 42.7 Å². The largest absolute Gasteiger partial charge is 0.456 e. The molecule has 24 heavy (non-hydrogen) atoms. The van der Waals surface area contributed by atoms with Crippen molar-refractivity contribution in [2.45, 2.75) is 31.2 Å². The minimum absolute atomic E-state index is 0.00497. The van der Waals surface area contributed by atoms with Gasteiger partial charge in [0.05, 0.1) is 13.0 Å². The molecule has 0 heterocycles. The van der Waals surface area contributed by atoms with Crippen molar-refractivity contribution in [2.75, 3.05) is 18.9 Å². The lowest BCUT2D eigenvalue weighted by atomic mass is 10.4. The number of carbonyl (C=O) groups is 3. The summed E-state index contributed by atoms with van der Waals surface area (Å²) in [5, 5.41) is 5.68. The lowest BCUT2D eigenvalue weighted by Gasteiger charge is -2.09. The molecule has 8 heteroatoms. The van der Waals surface area contributed by atoms with E-state index in [4.69, 9.17) is 16.3 Å². The summed E-state index contributed by atoms with van der Waals surface area (Å²) in [6.07, 6.45) is 0.189. The Labute approximate surface area is 150 Å². The molecule has 0 aliphatic heterocycles. The Hall–Kier alpha value is -1.73. The molecule has 0 aromatic heterocycles. The number of esters is 1. The second kappa shape index (κ2) is 10.9. The van der Waals surface area contributed by atoms with Crippen LogP contribution in [0.4, 0.5) is 0 Å². The standard InChI is InChI=1S/C16H21ClN2O4S/c1-11(2)19-14(20)9-18-15(21)10-23-16(22)7-8-24-13-5-3-12(17)4-6-13/h3-6,11H,7-10H2,1-2H3,(H,18,21)(H,19,20). The number of rotatable bonds is 9. The number of amides is 2. The lowest BCUT2D eigenvalue weighted by Crippen LogP contribution is -2.41. The summed E-state index contributed by atoms with van der Waals surface area (Å²) in [5.74, 6) is -0.714. The van der Waals surface area contributed by atoms with Crippen molar-refractivity contribution < 1.29 is 19.1 Å². The highest BCUT2D eigenvalue weighted by Gasteiger charge is 2.10. The van der Waals surface area contributed by atoms with Gasteiger partial charge in [-0.15, -0.1) is 11.8 Å². The van der Waals surface area contributed by atoms with Gasteiger partial charge in [0.15, 0.2) is 6.61 Å². The molecule has 2 N–H and O–H groups in total. The molecule has 0 spiro atoms. The zero-order chi connectivity index (χ0) is 17.9. The third-order valence-corrected chi connectivity index (χ3v) is 3.91. The Bertz CT molecular complexity index is 564. The van der Waals surface area contributed by atoms with Gasteiger partial charge < -0.3 is 15.4 Å². The Morgan fingerprint density at radius 2 is 1.83 bits per heavy atom. The van der Waals surface area contributed by atoms with Gasteiger partial charge >= 0.3 is 5.97 Å². The molecular formula is C16H21ClN2O4S. The molecule has 2 amide bonds. The minimum atomic E-state index is -0.507. The summed E-state index contributed by atoms with van der Waals surface area (Å²) in [6.45, 7) is 3.12. The Morgan fingerprint density at radius 3 is 2.46 bits per heavy atom. The number of halogens is 1. The Kier molecular flexibility index (Phi) is 9.26. The van der Waals surface area contributed by atoms with E-state index in [9.17, 15) is 14.4 Å². The predicted octanol–water partition coefficient (Wildman–Crippen LogP) is 2.01. The van der Waals surface area contributed by atoms with E-state index in [1.807, 2.05) is 26.0 Å². The van der Waals surface area contributed by atoms with Crippen molar-refractivity contribution in [3.8, 4) is 0 Å². The summed E-state index contributed by atoms with van der Waals surface area (Å²) in [7, 11) is 0. The summed E-state index contributed by atoms with van der Waals surface area (Å²) in [6, 6.07) is 7.30. The molecule has 0 radical (unpaired) electrons. The molecule has 0 saturated heterocycles. The number of hydrogen-bond acceptors (Lipinski definition) is 5. The highest BCUT2D eigenvalue weighted by molar-refractivity contribution is 7.99. The molecule has 0 saturated carbocycles. The van der Waals surface area contributed by atoms with E-state index in [0.29, 0.717) is 10.8 Å².